The molecule has 1 saturated heterocycles. The van der Waals surface area contributed by atoms with E-state index >= 15 is 0 Å². The summed E-state index contributed by atoms with van der Waals surface area (Å²) in [6.45, 7) is 5.65. The van der Waals surface area contributed by atoms with Crippen LogP contribution in [-0.4, -0.2) is 29.9 Å². The molecule has 2 atom stereocenters. The molecule has 5 heteroatoms. The van der Waals surface area contributed by atoms with E-state index in [1.54, 1.807) is 0 Å². The van der Waals surface area contributed by atoms with E-state index in [1.165, 1.54) is 11.3 Å². The van der Waals surface area contributed by atoms with E-state index in [-0.39, 0.29) is 11.9 Å². The molecule has 0 radical (unpaired) electrons. The fourth-order valence-electron chi connectivity index (χ4n) is 2.00. The minimum absolute atomic E-state index is 0.109. The van der Waals surface area contributed by atoms with Gasteiger partial charge in [0.25, 0.3) is 5.91 Å². The number of amides is 1. The molecule has 1 amide bonds. The molecule has 1 fully saturated rings. The van der Waals surface area contributed by atoms with Crippen LogP contribution in [0.5, 0.6) is 0 Å². The van der Waals surface area contributed by atoms with Gasteiger partial charge in [-0.05, 0) is 46.8 Å². The Kier molecular flexibility index (Phi) is 3.90. The second-order valence-electron chi connectivity index (χ2n) is 4.75. The van der Waals surface area contributed by atoms with Gasteiger partial charge in [0.1, 0.15) is 0 Å². The molecule has 0 aromatic carbocycles. The summed E-state index contributed by atoms with van der Waals surface area (Å²) in [7, 11) is 0. The quantitative estimate of drug-likeness (QED) is 0.865. The number of piperidine rings is 1. The van der Waals surface area contributed by atoms with Gasteiger partial charge in [0.2, 0.25) is 0 Å². The summed E-state index contributed by atoms with van der Waals surface area (Å²) in [5, 5.41) is 0. The number of aryl methyl sites for hydroxylation is 1. The van der Waals surface area contributed by atoms with Crippen molar-refractivity contribution < 1.29 is 4.79 Å². The number of likely N-dealkylation sites (tertiary alicyclic amines) is 1. The molecule has 1 aromatic rings. The maximum atomic E-state index is 12.3. The lowest BCUT2D eigenvalue weighted by molar-refractivity contribution is 0.0677. The van der Waals surface area contributed by atoms with Crippen LogP contribution in [0.3, 0.4) is 0 Å². The van der Waals surface area contributed by atoms with Crippen molar-refractivity contribution in [3.8, 4) is 0 Å². The third-order valence-electron chi connectivity index (χ3n) is 3.37. The number of hydrogen-bond acceptors (Lipinski definition) is 3. The van der Waals surface area contributed by atoms with E-state index in [9.17, 15) is 4.79 Å². The molecule has 94 valence electrons. The SMILES string of the molecule is Cc1cc(C(=O)N2CCC(C)C(N)C2)sc1Br. The van der Waals surface area contributed by atoms with E-state index in [1.807, 2.05) is 17.9 Å². The third-order valence-corrected chi connectivity index (χ3v) is 5.50. The van der Waals surface area contributed by atoms with Gasteiger partial charge in [0.05, 0.1) is 8.66 Å². The largest absolute Gasteiger partial charge is 0.336 e. The Bertz CT molecular complexity index is 413. The lowest BCUT2D eigenvalue weighted by atomic mass is 9.94. The zero-order valence-electron chi connectivity index (χ0n) is 10.1. The van der Waals surface area contributed by atoms with E-state index in [0.29, 0.717) is 12.5 Å². The molecule has 2 unspecified atom stereocenters. The molecule has 1 aromatic heterocycles. The topological polar surface area (TPSA) is 46.3 Å². The standard InChI is InChI=1S/C12H17BrN2OS/c1-7-3-4-15(6-9(7)14)12(16)10-5-8(2)11(13)17-10/h5,7,9H,3-4,6,14H2,1-2H3. The van der Waals surface area contributed by atoms with Gasteiger partial charge in [-0.3, -0.25) is 4.79 Å². The predicted molar refractivity (Wildman–Crippen MR) is 74.4 cm³/mol. The average molecular weight is 317 g/mol. The molecule has 0 bridgehead atoms. The number of thiophene rings is 1. The fourth-order valence-corrected chi connectivity index (χ4v) is 3.51. The Balaban J connectivity index is 2.10. The number of hydrogen-bond donors (Lipinski definition) is 1. The lowest BCUT2D eigenvalue weighted by Crippen LogP contribution is -2.49. The van der Waals surface area contributed by atoms with Gasteiger partial charge in [0.15, 0.2) is 0 Å². The fraction of sp³-hybridized carbons (Fsp3) is 0.583. The number of carbonyl (C=O) groups is 1. The zero-order valence-corrected chi connectivity index (χ0v) is 12.5. The lowest BCUT2D eigenvalue weighted by Gasteiger charge is -2.34. The van der Waals surface area contributed by atoms with Crippen LogP contribution in [0, 0.1) is 12.8 Å². The van der Waals surface area contributed by atoms with Crippen LogP contribution in [0.4, 0.5) is 0 Å². The molecule has 2 heterocycles. The van der Waals surface area contributed by atoms with Gasteiger partial charge < -0.3 is 10.6 Å². The van der Waals surface area contributed by atoms with Gasteiger partial charge in [-0.15, -0.1) is 11.3 Å². The molecule has 1 aliphatic heterocycles. The van der Waals surface area contributed by atoms with Crippen LogP contribution < -0.4 is 5.73 Å². The van der Waals surface area contributed by atoms with Gasteiger partial charge in [0, 0.05) is 19.1 Å². The second-order valence-corrected chi connectivity index (χ2v) is 7.12. The maximum Gasteiger partial charge on any atom is 0.264 e. The summed E-state index contributed by atoms with van der Waals surface area (Å²) < 4.78 is 1.04. The predicted octanol–water partition coefficient (Wildman–Crippen LogP) is 2.63. The van der Waals surface area contributed by atoms with Gasteiger partial charge >= 0.3 is 0 Å². The Morgan fingerprint density at radius 1 is 1.65 bits per heavy atom. The molecular formula is C12H17BrN2OS. The van der Waals surface area contributed by atoms with Crippen molar-refractivity contribution in [1.29, 1.82) is 0 Å². The van der Waals surface area contributed by atoms with Crippen LogP contribution >= 0.6 is 27.3 Å². The highest BCUT2D eigenvalue weighted by Gasteiger charge is 2.27. The average Bonchev–Trinajstić information content (AvgIpc) is 2.62. The summed E-state index contributed by atoms with van der Waals surface area (Å²) in [6.07, 6.45) is 0.998. The van der Waals surface area contributed by atoms with E-state index in [0.717, 1.165) is 27.2 Å². The zero-order chi connectivity index (χ0) is 12.6. The molecule has 17 heavy (non-hydrogen) atoms. The number of rotatable bonds is 1. The van der Waals surface area contributed by atoms with Crippen LogP contribution in [0.25, 0.3) is 0 Å². The van der Waals surface area contributed by atoms with Crippen LogP contribution in [-0.2, 0) is 0 Å². The summed E-state index contributed by atoms with van der Waals surface area (Å²) >= 11 is 4.96. The minimum atomic E-state index is 0.109. The summed E-state index contributed by atoms with van der Waals surface area (Å²) in [6, 6.07) is 2.05. The highest BCUT2D eigenvalue weighted by Crippen LogP contribution is 2.29. The first-order chi connectivity index (χ1) is 7.99. The smallest absolute Gasteiger partial charge is 0.264 e. The first-order valence-electron chi connectivity index (χ1n) is 5.80. The normalized spacial score (nSPS) is 25.1. The third kappa shape index (κ3) is 2.72. The molecule has 2 N–H and O–H groups in total. The Morgan fingerprint density at radius 2 is 2.35 bits per heavy atom. The molecule has 0 saturated carbocycles. The van der Waals surface area contributed by atoms with Crippen molar-refractivity contribution in [1.82, 2.24) is 4.90 Å². The number of halogens is 1. The van der Waals surface area contributed by atoms with Gasteiger partial charge in [-0.1, -0.05) is 6.92 Å². The van der Waals surface area contributed by atoms with Crippen molar-refractivity contribution in [2.75, 3.05) is 13.1 Å². The first kappa shape index (κ1) is 13.1. The van der Waals surface area contributed by atoms with Crippen LogP contribution in [0.15, 0.2) is 9.85 Å². The molecule has 0 aliphatic carbocycles. The summed E-state index contributed by atoms with van der Waals surface area (Å²) in [4.78, 5) is 15.0. The Morgan fingerprint density at radius 3 is 2.88 bits per heavy atom. The van der Waals surface area contributed by atoms with Crippen molar-refractivity contribution in [2.24, 2.45) is 11.7 Å². The second kappa shape index (κ2) is 5.08. The highest BCUT2D eigenvalue weighted by atomic mass is 79.9. The maximum absolute atomic E-state index is 12.3. The van der Waals surface area contributed by atoms with E-state index < -0.39 is 0 Å². The van der Waals surface area contributed by atoms with Crippen LogP contribution in [0.1, 0.15) is 28.6 Å². The summed E-state index contributed by atoms with van der Waals surface area (Å²) in [5.74, 6) is 0.627. The molecular weight excluding hydrogens is 300 g/mol. The minimum Gasteiger partial charge on any atom is -0.336 e. The van der Waals surface area contributed by atoms with Gasteiger partial charge in [-0.2, -0.15) is 0 Å². The van der Waals surface area contributed by atoms with E-state index in [2.05, 4.69) is 22.9 Å². The van der Waals surface area contributed by atoms with Crippen molar-refractivity contribution in [2.45, 2.75) is 26.3 Å². The molecule has 3 nitrogen and oxygen atoms in total. The molecule has 0 spiro atoms. The molecule has 2 rings (SSSR count). The van der Waals surface area contributed by atoms with Crippen molar-refractivity contribution in [3.05, 3.63) is 20.3 Å². The van der Waals surface area contributed by atoms with Gasteiger partial charge in [-0.25, -0.2) is 0 Å². The number of carbonyl (C=O) groups excluding carboxylic acids is 1. The Hall–Kier alpha value is -0.390. The monoisotopic (exact) mass is 316 g/mol. The summed E-state index contributed by atoms with van der Waals surface area (Å²) in [5.41, 5.74) is 7.14. The first-order valence-corrected chi connectivity index (χ1v) is 7.40. The van der Waals surface area contributed by atoms with Crippen molar-refractivity contribution >= 4 is 33.2 Å². The van der Waals surface area contributed by atoms with Crippen LogP contribution in [0.2, 0.25) is 0 Å². The number of nitrogens with zero attached hydrogens (tertiary/aromatic N) is 1. The van der Waals surface area contributed by atoms with Crippen molar-refractivity contribution in [3.63, 3.8) is 0 Å². The number of nitrogens with two attached hydrogens (primary N) is 1. The highest BCUT2D eigenvalue weighted by molar-refractivity contribution is 9.11. The van der Waals surface area contributed by atoms with E-state index in [4.69, 9.17) is 5.73 Å². The molecule has 1 aliphatic rings. The Labute approximate surface area is 114 Å².